The number of hydrogen-bond donors (Lipinski definition) is 1. The molecule has 0 fully saturated rings. The number of hydrogen-bond acceptors (Lipinski definition) is 3. The van der Waals surface area contributed by atoms with Crippen molar-refractivity contribution in [1.82, 2.24) is 24.6 Å². The number of nitrogens with one attached hydrogen (secondary N) is 1. The van der Waals surface area contributed by atoms with Crippen molar-refractivity contribution < 1.29 is 0 Å². The molecule has 2 aromatic rings. The largest absolute Gasteiger partial charge is 0.329 e. The van der Waals surface area contributed by atoms with Crippen LogP contribution in [0.4, 0.5) is 0 Å². The molecular formula is C12H19N5. The van der Waals surface area contributed by atoms with Crippen LogP contribution < -0.4 is 5.32 Å². The van der Waals surface area contributed by atoms with Gasteiger partial charge in [-0.1, -0.05) is 13.8 Å². The van der Waals surface area contributed by atoms with Crippen molar-refractivity contribution in [2.75, 3.05) is 0 Å². The number of rotatable bonds is 5. The van der Waals surface area contributed by atoms with Crippen molar-refractivity contribution in [3.8, 4) is 0 Å². The second-order valence-electron chi connectivity index (χ2n) is 4.57. The predicted molar refractivity (Wildman–Crippen MR) is 66.5 cm³/mol. The third-order valence-electron chi connectivity index (χ3n) is 2.60. The average Bonchev–Trinajstić information content (AvgIpc) is 2.86. The van der Waals surface area contributed by atoms with Crippen LogP contribution in [-0.4, -0.2) is 25.4 Å². The van der Waals surface area contributed by atoms with Crippen LogP contribution in [0, 0.1) is 0 Å². The van der Waals surface area contributed by atoms with Crippen molar-refractivity contribution in [3.63, 3.8) is 0 Å². The van der Waals surface area contributed by atoms with Crippen molar-refractivity contribution >= 4 is 0 Å². The Labute approximate surface area is 101 Å². The summed E-state index contributed by atoms with van der Waals surface area (Å²) in [6, 6.07) is 0.483. The van der Waals surface area contributed by atoms with Gasteiger partial charge in [-0.25, -0.2) is 4.98 Å². The Morgan fingerprint density at radius 1 is 1.35 bits per heavy atom. The Hall–Kier alpha value is -1.62. The molecule has 0 bridgehead atoms. The molecule has 2 aromatic heterocycles. The topological polar surface area (TPSA) is 47.7 Å². The third kappa shape index (κ3) is 3.17. The van der Waals surface area contributed by atoms with E-state index in [9.17, 15) is 0 Å². The lowest BCUT2D eigenvalue weighted by molar-refractivity contribution is 0.564. The van der Waals surface area contributed by atoms with Gasteiger partial charge in [0, 0.05) is 37.6 Å². The fourth-order valence-corrected chi connectivity index (χ4v) is 1.70. The summed E-state index contributed by atoms with van der Waals surface area (Å²) >= 11 is 0. The Balaban J connectivity index is 2.03. The standard InChI is InChI=1S/C12H19N5/c1-10(2)14-6-12-5-13-9-17(12)8-11-4-15-16(3)7-11/h4-5,7,9-10,14H,6,8H2,1-3H3. The van der Waals surface area contributed by atoms with Gasteiger partial charge in [-0.15, -0.1) is 0 Å². The summed E-state index contributed by atoms with van der Waals surface area (Å²) in [6.07, 6.45) is 7.69. The highest BCUT2D eigenvalue weighted by molar-refractivity contribution is 5.08. The number of imidazole rings is 1. The molecule has 2 heterocycles. The lowest BCUT2D eigenvalue weighted by Crippen LogP contribution is -2.23. The predicted octanol–water partition coefficient (Wildman–Crippen LogP) is 1.16. The van der Waals surface area contributed by atoms with Crippen LogP contribution in [-0.2, 0) is 20.1 Å². The minimum Gasteiger partial charge on any atom is -0.329 e. The molecule has 0 saturated carbocycles. The van der Waals surface area contributed by atoms with E-state index in [-0.39, 0.29) is 0 Å². The van der Waals surface area contributed by atoms with Crippen LogP contribution in [0.5, 0.6) is 0 Å². The van der Waals surface area contributed by atoms with Gasteiger partial charge in [0.1, 0.15) is 0 Å². The highest BCUT2D eigenvalue weighted by atomic mass is 15.2. The normalized spacial score (nSPS) is 11.3. The van der Waals surface area contributed by atoms with Crippen LogP contribution >= 0.6 is 0 Å². The van der Waals surface area contributed by atoms with Crippen LogP contribution in [0.1, 0.15) is 25.1 Å². The first kappa shape index (κ1) is 11.9. The molecule has 0 radical (unpaired) electrons. The Kier molecular flexibility index (Phi) is 3.58. The molecule has 1 N–H and O–H groups in total. The Morgan fingerprint density at radius 2 is 2.18 bits per heavy atom. The maximum Gasteiger partial charge on any atom is 0.0951 e. The van der Waals surface area contributed by atoms with Gasteiger partial charge < -0.3 is 9.88 Å². The van der Waals surface area contributed by atoms with Gasteiger partial charge in [0.15, 0.2) is 0 Å². The van der Waals surface area contributed by atoms with E-state index in [0.29, 0.717) is 6.04 Å². The highest BCUT2D eigenvalue weighted by Crippen LogP contribution is 2.05. The smallest absolute Gasteiger partial charge is 0.0951 e. The molecule has 0 aliphatic heterocycles. The highest BCUT2D eigenvalue weighted by Gasteiger charge is 2.04. The summed E-state index contributed by atoms with van der Waals surface area (Å²) < 4.78 is 3.96. The first-order valence-corrected chi connectivity index (χ1v) is 5.85. The van der Waals surface area contributed by atoms with Gasteiger partial charge in [-0.05, 0) is 0 Å². The second-order valence-corrected chi connectivity index (χ2v) is 4.57. The summed E-state index contributed by atoms with van der Waals surface area (Å²) in [4.78, 5) is 4.20. The van der Waals surface area contributed by atoms with E-state index < -0.39 is 0 Å². The van der Waals surface area contributed by atoms with Crippen LogP contribution in [0.3, 0.4) is 0 Å². The fraction of sp³-hybridized carbons (Fsp3) is 0.500. The summed E-state index contributed by atoms with van der Waals surface area (Å²) in [7, 11) is 1.93. The first-order chi connectivity index (χ1) is 8.15. The molecule has 92 valence electrons. The van der Waals surface area contributed by atoms with Gasteiger partial charge >= 0.3 is 0 Å². The average molecular weight is 233 g/mol. The summed E-state index contributed by atoms with van der Waals surface area (Å²) in [5.41, 5.74) is 2.39. The van der Waals surface area contributed by atoms with Crippen molar-refractivity contribution in [2.24, 2.45) is 7.05 Å². The summed E-state index contributed by atoms with van der Waals surface area (Å²) in [6.45, 7) is 5.95. The molecule has 0 aromatic carbocycles. The van der Waals surface area contributed by atoms with E-state index in [1.807, 2.05) is 36.6 Å². The van der Waals surface area contributed by atoms with Gasteiger partial charge in [-0.2, -0.15) is 5.10 Å². The number of nitrogens with zero attached hydrogens (tertiary/aromatic N) is 4. The van der Waals surface area contributed by atoms with Gasteiger partial charge in [-0.3, -0.25) is 4.68 Å². The minimum absolute atomic E-state index is 0.483. The lowest BCUT2D eigenvalue weighted by atomic mass is 10.3. The molecule has 0 aliphatic carbocycles. The molecule has 17 heavy (non-hydrogen) atoms. The third-order valence-corrected chi connectivity index (χ3v) is 2.60. The minimum atomic E-state index is 0.483. The Bertz CT molecular complexity index is 469. The molecule has 5 heteroatoms. The SMILES string of the molecule is CC(C)NCc1cncn1Cc1cnn(C)c1. The monoisotopic (exact) mass is 233 g/mol. The molecule has 5 nitrogen and oxygen atoms in total. The number of aromatic nitrogens is 4. The molecular weight excluding hydrogens is 214 g/mol. The summed E-state index contributed by atoms with van der Waals surface area (Å²) in [5, 5.41) is 7.57. The molecule has 0 saturated heterocycles. The molecule has 2 rings (SSSR count). The second kappa shape index (κ2) is 5.14. The van der Waals surface area contributed by atoms with E-state index in [1.165, 1.54) is 11.3 Å². The van der Waals surface area contributed by atoms with Crippen molar-refractivity contribution in [3.05, 3.63) is 36.2 Å². The maximum absolute atomic E-state index is 4.20. The van der Waals surface area contributed by atoms with Crippen molar-refractivity contribution in [2.45, 2.75) is 33.0 Å². The molecule has 0 spiro atoms. The zero-order valence-corrected chi connectivity index (χ0v) is 10.6. The molecule has 0 atom stereocenters. The fourth-order valence-electron chi connectivity index (χ4n) is 1.70. The van der Waals surface area contributed by atoms with Gasteiger partial charge in [0.2, 0.25) is 0 Å². The van der Waals surface area contributed by atoms with Gasteiger partial charge in [0.25, 0.3) is 0 Å². The zero-order valence-electron chi connectivity index (χ0n) is 10.6. The molecule has 0 amide bonds. The van der Waals surface area contributed by atoms with E-state index in [0.717, 1.165) is 13.1 Å². The van der Waals surface area contributed by atoms with E-state index in [1.54, 1.807) is 0 Å². The number of aryl methyl sites for hydroxylation is 1. The lowest BCUT2D eigenvalue weighted by Gasteiger charge is -2.10. The molecule has 0 aliphatic rings. The quantitative estimate of drug-likeness (QED) is 0.843. The van der Waals surface area contributed by atoms with Gasteiger partial charge in [0.05, 0.1) is 24.8 Å². The maximum atomic E-state index is 4.20. The van der Waals surface area contributed by atoms with Crippen molar-refractivity contribution in [1.29, 1.82) is 0 Å². The zero-order chi connectivity index (χ0) is 12.3. The van der Waals surface area contributed by atoms with Crippen LogP contribution in [0.2, 0.25) is 0 Å². The van der Waals surface area contributed by atoms with Crippen LogP contribution in [0.25, 0.3) is 0 Å². The van der Waals surface area contributed by atoms with Crippen LogP contribution in [0.15, 0.2) is 24.9 Å². The first-order valence-electron chi connectivity index (χ1n) is 5.85. The summed E-state index contributed by atoms with van der Waals surface area (Å²) in [5.74, 6) is 0. The van der Waals surface area contributed by atoms with E-state index in [2.05, 4.69) is 33.8 Å². The van der Waals surface area contributed by atoms with E-state index in [4.69, 9.17) is 0 Å². The Morgan fingerprint density at radius 3 is 2.82 bits per heavy atom. The van der Waals surface area contributed by atoms with E-state index >= 15 is 0 Å². The molecule has 0 unspecified atom stereocenters.